The monoisotopic (exact) mass is 485 g/mol. The molecule has 33 heavy (non-hydrogen) atoms. The number of carbonyl (C=O) groups is 2. The first-order valence-electron chi connectivity index (χ1n) is 11.6. The van der Waals surface area contributed by atoms with Crippen LogP contribution in [-0.2, 0) is 16.0 Å². The molecule has 184 valence electrons. The number of unbranched alkanes of at least 4 members (excludes halogenated alkanes) is 3. The van der Waals surface area contributed by atoms with Gasteiger partial charge in [-0.25, -0.2) is 0 Å². The molecule has 2 rings (SSSR count). The van der Waals surface area contributed by atoms with Crippen LogP contribution in [-0.4, -0.2) is 51.6 Å². The summed E-state index contributed by atoms with van der Waals surface area (Å²) < 4.78 is 28.1. The van der Waals surface area contributed by atoms with Gasteiger partial charge < -0.3 is 15.1 Å². The fourth-order valence-corrected chi connectivity index (χ4v) is 4.31. The molecule has 1 amide bonds. The van der Waals surface area contributed by atoms with Crippen LogP contribution < -0.4 is 0 Å². The Kier molecular flexibility index (Phi) is 10.8. The van der Waals surface area contributed by atoms with Crippen LogP contribution in [0.5, 0.6) is 0 Å². The zero-order valence-corrected chi connectivity index (χ0v) is 19.8. The predicted octanol–water partition coefficient (Wildman–Crippen LogP) is 5.49. The number of carbonyl (C=O) groups excluding carboxylic acids is 1. The number of amides is 1. The summed E-state index contributed by atoms with van der Waals surface area (Å²) in [5.74, 6) is -5.48. The molecule has 1 fully saturated rings. The van der Waals surface area contributed by atoms with Gasteiger partial charge in [-0.1, -0.05) is 55.7 Å². The first-order chi connectivity index (χ1) is 15.6. The maximum absolute atomic E-state index is 14.0. The van der Waals surface area contributed by atoms with Gasteiger partial charge in [0.2, 0.25) is 0 Å². The summed E-state index contributed by atoms with van der Waals surface area (Å²) in [5.41, 5.74) is 1.13. The van der Waals surface area contributed by atoms with Gasteiger partial charge in [-0.2, -0.15) is 8.78 Å². The minimum atomic E-state index is -3.40. The number of carboxylic acids is 1. The highest BCUT2D eigenvalue weighted by molar-refractivity contribution is 6.30. The van der Waals surface area contributed by atoms with E-state index >= 15 is 0 Å². The maximum atomic E-state index is 14.0. The molecule has 0 radical (unpaired) electrons. The van der Waals surface area contributed by atoms with Crippen molar-refractivity contribution >= 4 is 23.5 Å². The second kappa shape index (κ2) is 13.0. The van der Waals surface area contributed by atoms with Crippen molar-refractivity contribution < 1.29 is 28.6 Å². The number of rotatable bonds is 14. The van der Waals surface area contributed by atoms with Crippen LogP contribution in [0.2, 0.25) is 5.02 Å². The van der Waals surface area contributed by atoms with Crippen LogP contribution in [0.15, 0.2) is 36.4 Å². The van der Waals surface area contributed by atoms with Gasteiger partial charge in [-0.3, -0.25) is 9.59 Å². The Hall–Kier alpha value is -1.99. The lowest BCUT2D eigenvalue weighted by atomic mass is 9.95. The largest absolute Gasteiger partial charge is 0.481 e. The predicted molar refractivity (Wildman–Crippen MR) is 124 cm³/mol. The molecule has 0 spiro atoms. The van der Waals surface area contributed by atoms with Gasteiger partial charge in [0.15, 0.2) is 0 Å². The Labute approximate surface area is 199 Å². The Morgan fingerprint density at radius 3 is 2.70 bits per heavy atom. The number of hydrogen-bond donors (Lipinski definition) is 2. The minimum Gasteiger partial charge on any atom is -0.481 e. The zero-order chi connectivity index (χ0) is 24.4. The summed E-state index contributed by atoms with van der Waals surface area (Å²) >= 11 is 6.00. The Morgan fingerprint density at radius 2 is 2.00 bits per heavy atom. The first kappa shape index (κ1) is 27.3. The number of likely N-dealkylation sites (tertiary alicyclic amines) is 1. The van der Waals surface area contributed by atoms with E-state index in [2.05, 4.69) is 0 Å². The number of aliphatic hydroxyl groups is 1. The molecular weight excluding hydrogens is 452 g/mol. The number of benzene rings is 1. The van der Waals surface area contributed by atoms with Crippen LogP contribution in [0, 0.1) is 5.92 Å². The Bertz CT molecular complexity index is 817. The molecule has 3 atom stereocenters. The van der Waals surface area contributed by atoms with Crippen molar-refractivity contribution in [2.75, 3.05) is 6.54 Å². The van der Waals surface area contributed by atoms with E-state index in [1.54, 1.807) is 0 Å². The van der Waals surface area contributed by atoms with Crippen molar-refractivity contribution in [2.24, 2.45) is 5.92 Å². The third kappa shape index (κ3) is 9.05. The van der Waals surface area contributed by atoms with Crippen molar-refractivity contribution in [1.29, 1.82) is 0 Å². The van der Waals surface area contributed by atoms with Crippen molar-refractivity contribution in [3.63, 3.8) is 0 Å². The molecule has 8 heteroatoms. The van der Waals surface area contributed by atoms with Crippen molar-refractivity contribution in [3.8, 4) is 0 Å². The molecule has 1 aliphatic heterocycles. The van der Waals surface area contributed by atoms with Gasteiger partial charge in [-0.15, -0.1) is 0 Å². The summed E-state index contributed by atoms with van der Waals surface area (Å²) in [6.07, 6.45) is 6.65. The van der Waals surface area contributed by atoms with E-state index in [-0.39, 0.29) is 18.9 Å². The highest BCUT2D eigenvalue weighted by atomic mass is 35.5. The highest BCUT2D eigenvalue weighted by Gasteiger charge is 2.52. The lowest BCUT2D eigenvalue weighted by Crippen LogP contribution is -2.36. The van der Waals surface area contributed by atoms with E-state index < -0.39 is 36.4 Å². The Balaban J connectivity index is 1.82. The van der Waals surface area contributed by atoms with Crippen LogP contribution in [0.1, 0.15) is 63.9 Å². The van der Waals surface area contributed by atoms with E-state index in [1.807, 2.05) is 31.2 Å². The topological polar surface area (TPSA) is 77.8 Å². The number of hydrogen-bond acceptors (Lipinski definition) is 3. The van der Waals surface area contributed by atoms with Crippen LogP contribution in [0.4, 0.5) is 8.78 Å². The molecule has 0 bridgehead atoms. The van der Waals surface area contributed by atoms with Gasteiger partial charge in [0.25, 0.3) is 5.91 Å². The minimum absolute atomic E-state index is 0.0549. The van der Waals surface area contributed by atoms with Gasteiger partial charge in [0.05, 0.1) is 12.1 Å². The molecule has 5 nitrogen and oxygen atoms in total. The molecule has 1 aliphatic rings. The van der Waals surface area contributed by atoms with Crippen LogP contribution in [0.3, 0.4) is 0 Å². The van der Waals surface area contributed by atoms with Gasteiger partial charge in [-0.05, 0) is 55.7 Å². The molecule has 0 unspecified atom stereocenters. The lowest BCUT2D eigenvalue weighted by molar-refractivity contribution is -0.148. The van der Waals surface area contributed by atoms with E-state index in [0.29, 0.717) is 30.7 Å². The fraction of sp³-hybridized carbons (Fsp3) is 0.600. The number of nitrogens with zero attached hydrogens (tertiary/aromatic N) is 1. The van der Waals surface area contributed by atoms with Gasteiger partial charge >= 0.3 is 11.9 Å². The molecule has 2 N–H and O–H groups in total. The summed E-state index contributed by atoms with van der Waals surface area (Å²) in [4.78, 5) is 23.8. The van der Waals surface area contributed by atoms with Crippen LogP contribution in [0.25, 0.3) is 0 Å². The van der Waals surface area contributed by atoms with Crippen molar-refractivity contribution in [2.45, 2.75) is 82.8 Å². The quantitative estimate of drug-likeness (QED) is 0.270. The van der Waals surface area contributed by atoms with E-state index in [4.69, 9.17) is 16.7 Å². The molecule has 1 saturated heterocycles. The van der Waals surface area contributed by atoms with E-state index in [9.17, 15) is 23.5 Å². The normalized spacial score (nSPS) is 19.8. The lowest BCUT2D eigenvalue weighted by Gasteiger charge is -2.22. The molecule has 0 saturated carbocycles. The number of aryl methyl sites for hydroxylation is 1. The SMILES string of the molecule is C[C@@H](CCCc1cccc(Cl)c1)[C@@H](O)C=C[C@H]1CC(F)(F)C(=O)N1CCCCCCC(=O)O. The number of carboxylic acid groups (broad SMARTS) is 1. The molecule has 1 heterocycles. The number of halogens is 3. The van der Waals surface area contributed by atoms with Gasteiger partial charge in [0.1, 0.15) is 0 Å². The van der Waals surface area contributed by atoms with Crippen molar-refractivity contribution in [1.82, 2.24) is 4.90 Å². The molecule has 1 aromatic rings. The fourth-order valence-electron chi connectivity index (χ4n) is 4.10. The van der Waals surface area contributed by atoms with E-state index in [0.717, 1.165) is 24.8 Å². The van der Waals surface area contributed by atoms with Gasteiger partial charge in [0, 0.05) is 24.4 Å². The third-order valence-corrected chi connectivity index (χ3v) is 6.34. The maximum Gasteiger partial charge on any atom is 0.327 e. The van der Waals surface area contributed by atoms with Crippen LogP contribution >= 0.6 is 11.6 Å². The van der Waals surface area contributed by atoms with E-state index in [1.165, 1.54) is 17.1 Å². The number of aliphatic hydroxyl groups excluding tert-OH is 1. The molecule has 0 aromatic heterocycles. The standard InChI is InChI=1S/C25H34ClF2NO4/c1-18(8-6-9-19-10-7-11-20(26)16-19)22(30)14-13-21-17-25(27,28)24(33)29(21)15-5-3-2-4-12-23(31)32/h7,10-11,13-14,16,18,21-22,30H,2-6,8-9,12,15,17H2,1H3,(H,31,32)/t18-,21-,22-/m0/s1. The summed E-state index contributed by atoms with van der Waals surface area (Å²) in [5, 5.41) is 19.8. The summed E-state index contributed by atoms with van der Waals surface area (Å²) in [6, 6.07) is 6.90. The second-order valence-electron chi connectivity index (χ2n) is 8.91. The average molecular weight is 486 g/mol. The third-order valence-electron chi connectivity index (χ3n) is 6.11. The zero-order valence-electron chi connectivity index (χ0n) is 19.1. The number of aliphatic carboxylic acids is 1. The molecule has 0 aliphatic carbocycles. The van der Waals surface area contributed by atoms with Crippen molar-refractivity contribution in [3.05, 3.63) is 47.0 Å². The smallest absolute Gasteiger partial charge is 0.327 e. The molecule has 1 aromatic carbocycles. The summed E-state index contributed by atoms with van der Waals surface area (Å²) in [6.45, 7) is 2.11. The second-order valence-corrected chi connectivity index (χ2v) is 9.34. The summed E-state index contributed by atoms with van der Waals surface area (Å²) in [7, 11) is 0. The number of alkyl halides is 2. The average Bonchev–Trinajstić information content (AvgIpc) is 2.96. The molecular formula is C25H34ClF2NO4. The Morgan fingerprint density at radius 1 is 1.27 bits per heavy atom. The first-order valence-corrected chi connectivity index (χ1v) is 12.0. The highest BCUT2D eigenvalue weighted by Crippen LogP contribution is 2.34.